The van der Waals surface area contributed by atoms with Gasteiger partial charge in [-0.2, -0.15) is 4.42 Å². The van der Waals surface area contributed by atoms with Crippen LogP contribution >= 0.6 is 46.7 Å². The highest BCUT2D eigenvalue weighted by molar-refractivity contribution is 8.00. The molecule has 13 nitrogen and oxygen atoms in total. The first-order valence-corrected chi connectivity index (χ1v) is 14.4. The maximum Gasteiger partial charge on any atom is 0.432 e. The van der Waals surface area contributed by atoms with Gasteiger partial charge in [-0.3, -0.25) is 19.3 Å². The Balaban J connectivity index is 1.71. The van der Waals surface area contributed by atoms with Crippen LogP contribution in [0, 0.1) is 0 Å². The summed E-state index contributed by atoms with van der Waals surface area (Å²) < 4.78 is 10.0. The molecule has 3 rings (SSSR count). The van der Waals surface area contributed by atoms with E-state index in [1.807, 2.05) is 6.92 Å². The van der Waals surface area contributed by atoms with E-state index in [2.05, 4.69) is 10.6 Å². The van der Waals surface area contributed by atoms with Crippen LogP contribution in [0.5, 0.6) is 0 Å². The number of carbonyl (C=O) groups is 6. The van der Waals surface area contributed by atoms with Crippen molar-refractivity contribution in [1.82, 2.24) is 20.0 Å². The SMILES string of the molecule is CCCCOC(=O)NC(C(=O)NC1C(=O)N2C(C(=O)O)=C(COC(=O)N(Cl)C(=O)C(Cl)Cl)CS[C@@H]12)c1ccccc1. The number of thioether (sulfide) groups is 1. The van der Waals surface area contributed by atoms with Gasteiger partial charge in [0.25, 0.3) is 11.8 Å². The van der Waals surface area contributed by atoms with Crippen LogP contribution in [0.1, 0.15) is 31.4 Å². The molecule has 0 spiro atoms. The van der Waals surface area contributed by atoms with Crippen LogP contribution in [0.4, 0.5) is 9.59 Å². The number of halogens is 3. The van der Waals surface area contributed by atoms with Gasteiger partial charge >= 0.3 is 18.2 Å². The van der Waals surface area contributed by atoms with Crippen molar-refractivity contribution in [2.75, 3.05) is 19.0 Å². The van der Waals surface area contributed by atoms with Crippen LogP contribution < -0.4 is 10.6 Å². The van der Waals surface area contributed by atoms with Crippen LogP contribution in [0.3, 0.4) is 0 Å². The number of carbonyl (C=O) groups excluding carboxylic acids is 5. The van der Waals surface area contributed by atoms with E-state index in [9.17, 15) is 33.9 Å². The summed E-state index contributed by atoms with van der Waals surface area (Å²) >= 11 is 17.4. The normalized spacial score (nSPS) is 18.6. The lowest BCUT2D eigenvalue weighted by molar-refractivity contribution is -0.151. The zero-order valence-electron chi connectivity index (χ0n) is 21.4. The molecule has 0 saturated carbocycles. The fraction of sp³-hybridized carbons (Fsp3) is 0.417. The summed E-state index contributed by atoms with van der Waals surface area (Å²) in [5, 5.41) is 14.1. The van der Waals surface area contributed by atoms with Crippen molar-refractivity contribution >= 4 is 82.6 Å². The molecule has 0 aromatic heterocycles. The first-order valence-electron chi connectivity index (χ1n) is 12.1. The van der Waals surface area contributed by atoms with Gasteiger partial charge in [0.05, 0.1) is 6.61 Å². The zero-order chi connectivity index (χ0) is 30.3. The van der Waals surface area contributed by atoms with Gasteiger partial charge in [0.15, 0.2) is 4.84 Å². The second-order valence-corrected chi connectivity index (χ2v) is 11.1. The van der Waals surface area contributed by atoms with E-state index in [1.165, 1.54) is 0 Å². The number of benzene rings is 1. The highest BCUT2D eigenvalue weighted by Crippen LogP contribution is 2.40. The van der Waals surface area contributed by atoms with Gasteiger partial charge in [0.1, 0.15) is 29.8 Å². The van der Waals surface area contributed by atoms with Gasteiger partial charge in [0, 0.05) is 23.1 Å². The fourth-order valence-electron chi connectivity index (χ4n) is 3.83. The van der Waals surface area contributed by atoms with Crippen LogP contribution in [0.15, 0.2) is 41.6 Å². The fourth-order valence-corrected chi connectivity index (χ4v) is 5.60. The number of hydrogen-bond acceptors (Lipinski definition) is 9. The molecule has 17 heteroatoms. The van der Waals surface area contributed by atoms with E-state index in [0.29, 0.717) is 12.0 Å². The maximum absolute atomic E-state index is 13.2. The highest BCUT2D eigenvalue weighted by Gasteiger charge is 2.54. The van der Waals surface area contributed by atoms with Gasteiger partial charge in [-0.15, -0.1) is 11.8 Å². The third-order valence-corrected chi connectivity index (χ3v) is 7.86. The Bertz CT molecular complexity index is 1230. The summed E-state index contributed by atoms with van der Waals surface area (Å²) in [7, 11) is 0. The molecule has 2 unspecified atom stereocenters. The molecule has 0 bridgehead atoms. The number of fused-ring (bicyclic) bond motifs is 1. The maximum atomic E-state index is 13.2. The summed E-state index contributed by atoms with van der Waals surface area (Å²) in [4.78, 5) is 73.6. The topological polar surface area (TPSA) is 172 Å². The minimum Gasteiger partial charge on any atom is -0.477 e. The third kappa shape index (κ3) is 7.76. The van der Waals surface area contributed by atoms with Gasteiger partial charge in [-0.1, -0.05) is 66.9 Å². The van der Waals surface area contributed by atoms with E-state index < -0.39 is 70.5 Å². The molecule has 3 atom stereocenters. The Hall–Kier alpha value is -3.20. The average molecular weight is 652 g/mol. The van der Waals surface area contributed by atoms with Crippen molar-refractivity contribution < 1.29 is 43.3 Å². The number of ether oxygens (including phenoxy) is 2. The lowest BCUT2D eigenvalue weighted by atomic mass is 10.0. The average Bonchev–Trinajstić information content (AvgIpc) is 2.96. The van der Waals surface area contributed by atoms with Crippen molar-refractivity contribution in [2.24, 2.45) is 0 Å². The van der Waals surface area contributed by atoms with Crippen LogP contribution in [-0.2, 0) is 28.7 Å². The van der Waals surface area contributed by atoms with E-state index >= 15 is 0 Å². The molecule has 0 radical (unpaired) electrons. The molecule has 41 heavy (non-hydrogen) atoms. The molecule has 222 valence electrons. The van der Waals surface area contributed by atoms with Gasteiger partial charge in [-0.05, 0) is 12.0 Å². The molecule has 2 aliphatic heterocycles. The number of nitrogens with zero attached hydrogens (tertiary/aromatic N) is 2. The van der Waals surface area contributed by atoms with E-state index in [0.717, 1.165) is 23.1 Å². The monoisotopic (exact) mass is 650 g/mol. The highest BCUT2D eigenvalue weighted by atomic mass is 35.5. The molecule has 3 N–H and O–H groups in total. The van der Waals surface area contributed by atoms with E-state index in [1.54, 1.807) is 30.3 Å². The number of rotatable bonds is 11. The second kappa shape index (κ2) is 14.6. The second-order valence-electron chi connectivity index (χ2n) is 8.61. The predicted molar refractivity (Wildman–Crippen MR) is 148 cm³/mol. The van der Waals surface area contributed by atoms with Gasteiger partial charge < -0.3 is 25.2 Å². The van der Waals surface area contributed by atoms with E-state index in [-0.39, 0.29) is 22.4 Å². The number of alkyl halides is 2. The largest absolute Gasteiger partial charge is 0.477 e. The molecule has 1 saturated heterocycles. The quantitative estimate of drug-likeness (QED) is 0.140. The lowest BCUT2D eigenvalue weighted by Crippen LogP contribution is -2.71. The van der Waals surface area contributed by atoms with Crippen molar-refractivity contribution in [2.45, 2.75) is 42.1 Å². The summed E-state index contributed by atoms with van der Waals surface area (Å²) in [6.45, 7) is 1.49. The molecular formula is C24H25Cl3N4O9S. The number of β-lactam (4-membered cyclic amide) rings is 1. The van der Waals surface area contributed by atoms with Gasteiger partial charge in [-0.25, -0.2) is 14.4 Å². The number of alkyl carbamates (subject to hydrolysis) is 1. The molecule has 1 fully saturated rings. The molecule has 1 aromatic rings. The lowest BCUT2D eigenvalue weighted by Gasteiger charge is -2.49. The molecule has 5 amide bonds. The standard InChI is InChI=1S/C24H25Cl3N4O9S/c1-2-3-9-39-23(37)29-14(12-7-5-4-6-8-12)18(32)28-15-19(33)30-16(22(35)36)13(11-41-21(15)30)10-40-24(38)31(27)20(34)17(25)26/h4-8,14-15,17,21H,2-3,9-11H2,1H3,(H,28,32)(H,29,37)(H,35,36)/t14?,15?,21-/m0/s1. The Morgan fingerprint density at radius 2 is 1.85 bits per heavy atom. The van der Waals surface area contributed by atoms with Gasteiger partial charge in [0.2, 0.25) is 5.91 Å². The minimum absolute atomic E-state index is 0.00369. The Morgan fingerprint density at radius 3 is 2.46 bits per heavy atom. The third-order valence-electron chi connectivity index (χ3n) is 5.85. The number of unbranched alkanes of at least 4 members (excludes halogenated alkanes) is 1. The first kappa shape index (κ1) is 32.3. The Labute approximate surface area is 253 Å². The number of nitrogens with one attached hydrogen (secondary N) is 2. The van der Waals surface area contributed by atoms with Crippen molar-refractivity contribution in [3.8, 4) is 0 Å². The molecule has 2 heterocycles. The summed E-state index contributed by atoms with van der Waals surface area (Å²) in [5.74, 6) is -4.07. The first-order chi connectivity index (χ1) is 19.5. The van der Waals surface area contributed by atoms with Crippen molar-refractivity contribution in [3.05, 3.63) is 47.2 Å². The molecule has 0 aliphatic carbocycles. The number of imide groups is 1. The summed E-state index contributed by atoms with van der Waals surface area (Å²) in [5.41, 5.74) is 0.0538. The minimum atomic E-state index is -1.63. The number of aliphatic carboxylic acids is 1. The Morgan fingerprint density at radius 1 is 1.17 bits per heavy atom. The van der Waals surface area contributed by atoms with E-state index in [4.69, 9.17) is 44.5 Å². The summed E-state index contributed by atoms with van der Waals surface area (Å²) in [6, 6.07) is 6.03. The number of amides is 5. The van der Waals surface area contributed by atoms with Crippen LogP contribution in [-0.4, -0.2) is 85.5 Å². The molecule has 2 aliphatic rings. The number of hydrogen-bond donors (Lipinski definition) is 3. The van der Waals surface area contributed by atoms with Crippen LogP contribution in [0.25, 0.3) is 0 Å². The number of carboxylic acids is 1. The molecule has 1 aromatic carbocycles. The summed E-state index contributed by atoms with van der Waals surface area (Å²) in [6.07, 6.45) is -0.707. The zero-order valence-corrected chi connectivity index (χ0v) is 24.5. The number of carboxylic acid groups (broad SMARTS) is 1. The van der Waals surface area contributed by atoms with Crippen molar-refractivity contribution in [3.63, 3.8) is 0 Å². The Kier molecular flexibility index (Phi) is 11.5. The molecular weight excluding hydrogens is 627 g/mol. The predicted octanol–water partition coefficient (Wildman–Crippen LogP) is 2.92. The smallest absolute Gasteiger partial charge is 0.432 e. The van der Waals surface area contributed by atoms with Crippen LogP contribution in [0.2, 0.25) is 0 Å². The van der Waals surface area contributed by atoms with Crippen molar-refractivity contribution in [1.29, 1.82) is 0 Å².